The first-order valence-corrected chi connectivity index (χ1v) is 10.4. The van der Waals surface area contributed by atoms with Gasteiger partial charge in [-0.05, 0) is 57.4 Å². The number of ether oxygens (including phenoxy) is 1. The maximum atomic E-state index is 13.5. The van der Waals surface area contributed by atoms with Crippen LogP contribution in [-0.4, -0.2) is 69.1 Å². The Morgan fingerprint density at radius 3 is 2.28 bits per heavy atom. The molecule has 0 saturated heterocycles. The van der Waals surface area contributed by atoms with E-state index in [2.05, 4.69) is 0 Å². The zero-order chi connectivity index (χ0) is 23.8. The van der Waals surface area contributed by atoms with Crippen LogP contribution in [0.3, 0.4) is 0 Å². The van der Waals surface area contributed by atoms with Gasteiger partial charge in [0.25, 0.3) is 5.91 Å². The van der Waals surface area contributed by atoms with Crippen LogP contribution in [0.2, 0.25) is 5.02 Å². The van der Waals surface area contributed by atoms with Crippen molar-refractivity contribution in [3.05, 3.63) is 63.2 Å². The van der Waals surface area contributed by atoms with Crippen molar-refractivity contribution in [2.24, 2.45) is 0 Å². The minimum absolute atomic E-state index is 0.122. The summed E-state index contributed by atoms with van der Waals surface area (Å²) in [7, 11) is 5.54. The molecule has 2 aromatic carbocycles. The summed E-state index contributed by atoms with van der Waals surface area (Å²) >= 11 is 5.95. The predicted octanol–water partition coefficient (Wildman–Crippen LogP) is 3.46. The van der Waals surface area contributed by atoms with Crippen LogP contribution >= 0.6 is 11.6 Å². The number of esters is 1. The fourth-order valence-corrected chi connectivity index (χ4v) is 3.18. The van der Waals surface area contributed by atoms with Gasteiger partial charge in [-0.25, -0.2) is 0 Å². The summed E-state index contributed by atoms with van der Waals surface area (Å²) in [6.07, 6.45) is 0. The molecule has 0 aromatic heterocycles. The van der Waals surface area contributed by atoms with E-state index in [9.17, 15) is 19.7 Å². The van der Waals surface area contributed by atoms with Gasteiger partial charge in [0, 0.05) is 30.8 Å². The summed E-state index contributed by atoms with van der Waals surface area (Å²) in [4.78, 5) is 41.9. The molecule has 2 rings (SSSR count). The number of hydrogen-bond acceptors (Lipinski definition) is 7. The summed E-state index contributed by atoms with van der Waals surface area (Å²) in [6.45, 7) is 2.60. The van der Waals surface area contributed by atoms with Gasteiger partial charge in [-0.3, -0.25) is 24.6 Å². The Hall–Kier alpha value is -3.17. The second-order valence-corrected chi connectivity index (χ2v) is 7.76. The van der Waals surface area contributed by atoms with Crippen molar-refractivity contribution in [3.63, 3.8) is 0 Å². The third-order valence-corrected chi connectivity index (χ3v) is 4.95. The van der Waals surface area contributed by atoms with Crippen molar-refractivity contribution in [3.8, 4) is 0 Å². The minimum atomic E-state index is -0.685. The molecule has 0 radical (unpaired) electrons. The van der Waals surface area contributed by atoms with Crippen LogP contribution in [-0.2, 0) is 9.53 Å². The van der Waals surface area contributed by atoms with Gasteiger partial charge in [0.05, 0.1) is 11.5 Å². The van der Waals surface area contributed by atoms with E-state index < -0.39 is 23.3 Å². The van der Waals surface area contributed by atoms with E-state index in [1.54, 1.807) is 55.3 Å². The first-order valence-electron chi connectivity index (χ1n) is 10.0. The Morgan fingerprint density at radius 2 is 1.72 bits per heavy atom. The zero-order valence-electron chi connectivity index (χ0n) is 18.6. The third kappa shape index (κ3) is 6.41. The fraction of sp³-hybridized carbons (Fsp3) is 0.364. The summed E-state index contributed by atoms with van der Waals surface area (Å²) in [5.74, 6) is -1.31. The van der Waals surface area contributed by atoms with Gasteiger partial charge in [0.1, 0.15) is 17.8 Å². The minimum Gasteiger partial charge on any atom is -0.465 e. The zero-order valence-corrected chi connectivity index (χ0v) is 19.3. The Bertz CT molecular complexity index is 965. The molecule has 1 amide bonds. The average Bonchev–Trinajstić information content (AvgIpc) is 2.75. The highest BCUT2D eigenvalue weighted by molar-refractivity contribution is 6.30. The number of benzene rings is 2. The molecule has 2 aromatic rings. The second kappa shape index (κ2) is 11.4. The van der Waals surface area contributed by atoms with E-state index in [1.807, 2.05) is 19.0 Å². The normalized spacial score (nSPS) is 10.7. The maximum absolute atomic E-state index is 13.5. The Morgan fingerprint density at radius 1 is 1.06 bits per heavy atom. The van der Waals surface area contributed by atoms with Crippen molar-refractivity contribution >= 4 is 40.5 Å². The average molecular weight is 463 g/mol. The van der Waals surface area contributed by atoms with Crippen LogP contribution in [0.15, 0.2) is 42.5 Å². The molecule has 0 fully saturated rings. The topological polar surface area (TPSA) is 96.2 Å². The standard InChI is InChI=1S/C22H27ClN4O5/c1-5-32-20(28)15-26(17-11-9-16(23)10-12-17)22(29)18-7-6-8-19(21(18)27(30)31)25(4)14-13-24(2)3/h6-12H,5,13-15H2,1-4H3. The third-order valence-electron chi connectivity index (χ3n) is 4.70. The van der Waals surface area contributed by atoms with E-state index in [0.29, 0.717) is 29.5 Å². The number of anilines is 2. The summed E-state index contributed by atoms with van der Waals surface area (Å²) in [5.41, 5.74) is 0.244. The Labute approximate surface area is 192 Å². The van der Waals surface area contributed by atoms with E-state index in [-0.39, 0.29) is 17.9 Å². The lowest BCUT2D eigenvalue weighted by Gasteiger charge is -2.24. The van der Waals surface area contributed by atoms with Crippen LogP contribution in [0.5, 0.6) is 0 Å². The predicted molar refractivity (Wildman–Crippen MR) is 125 cm³/mol. The van der Waals surface area contributed by atoms with Crippen molar-refractivity contribution in [1.29, 1.82) is 0 Å². The van der Waals surface area contributed by atoms with Gasteiger partial charge in [0.15, 0.2) is 0 Å². The molecule has 172 valence electrons. The van der Waals surface area contributed by atoms with Gasteiger partial charge in [-0.1, -0.05) is 17.7 Å². The lowest BCUT2D eigenvalue weighted by molar-refractivity contribution is -0.384. The first-order chi connectivity index (χ1) is 15.1. The molecule has 0 heterocycles. The van der Waals surface area contributed by atoms with Crippen LogP contribution in [0.1, 0.15) is 17.3 Å². The maximum Gasteiger partial charge on any atom is 0.326 e. The lowest BCUT2D eigenvalue weighted by Crippen LogP contribution is -2.37. The molecule has 10 heteroatoms. The SMILES string of the molecule is CCOC(=O)CN(C(=O)c1cccc(N(C)CCN(C)C)c1[N+](=O)[O-])c1ccc(Cl)cc1. The van der Waals surface area contributed by atoms with E-state index in [0.717, 1.165) is 4.90 Å². The number of hydrogen-bond donors (Lipinski definition) is 0. The molecule has 0 saturated carbocycles. The van der Waals surface area contributed by atoms with Crippen molar-refractivity contribution in [2.45, 2.75) is 6.92 Å². The highest BCUT2D eigenvalue weighted by Gasteiger charge is 2.31. The quantitative estimate of drug-likeness (QED) is 0.303. The highest BCUT2D eigenvalue weighted by atomic mass is 35.5. The summed E-state index contributed by atoms with van der Waals surface area (Å²) in [6, 6.07) is 10.9. The highest BCUT2D eigenvalue weighted by Crippen LogP contribution is 2.33. The number of halogens is 1. The largest absolute Gasteiger partial charge is 0.465 e. The van der Waals surface area contributed by atoms with E-state index in [4.69, 9.17) is 16.3 Å². The number of nitro benzene ring substituents is 1. The number of amides is 1. The number of para-hydroxylation sites is 1. The number of carbonyl (C=O) groups excluding carboxylic acids is 2. The van der Waals surface area contributed by atoms with Crippen molar-refractivity contribution < 1.29 is 19.2 Å². The van der Waals surface area contributed by atoms with Gasteiger partial charge < -0.3 is 14.5 Å². The molecule has 0 unspecified atom stereocenters. The van der Waals surface area contributed by atoms with Gasteiger partial charge in [0.2, 0.25) is 0 Å². The Kier molecular flexibility index (Phi) is 8.98. The van der Waals surface area contributed by atoms with Crippen molar-refractivity contribution in [2.75, 3.05) is 57.2 Å². The fourth-order valence-electron chi connectivity index (χ4n) is 3.06. The number of rotatable bonds is 10. The summed E-state index contributed by atoms with van der Waals surface area (Å²) in [5, 5.41) is 12.5. The lowest BCUT2D eigenvalue weighted by atomic mass is 10.1. The van der Waals surface area contributed by atoms with Crippen LogP contribution < -0.4 is 9.80 Å². The van der Waals surface area contributed by atoms with E-state index in [1.165, 1.54) is 6.07 Å². The first kappa shape index (κ1) is 25.1. The molecule has 0 N–H and O–H groups in total. The van der Waals surface area contributed by atoms with Crippen LogP contribution in [0.25, 0.3) is 0 Å². The van der Waals surface area contributed by atoms with E-state index >= 15 is 0 Å². The number of carbonyl (C=O) groups is 2. The molecular formula is C22H27ClN4O5. The monoisotopic (exact) mass is 462 g/mol. The Balaban J connectivity index is 2.52. The molecule has 0 atom stereocenters. The van der Waals surface area contributed by atoms with Gasteiger partial charge in [-0.2, -0.15) is 0 Å². The molecule has 0 aliphatic rings. The molecule has 0 aliphatic carbocycles. The smallest absolute Gasteiger partial charge is 0.326 e. The molecule has 0 bridgehead atoms. The summed E-state index contributed by atoms with van der Waals surface area (Å²) < 4.78 is 4.99. The molecule has 0 spiro atoms. The number of nitrogens with zero attached hydrogens (tertiary/aromatic N) is 4. The number of likely N-dealkylation sites (N-methyl/N-ethyl adjacent to an activating group) is 2. The van der Waals surface area contributed by atoms with Crippen molar-refractivity contribution in [1.82, 2.24) is 4.90 Å². The van der Waals surface area contributed by atoms with Gasteiger partial charge >= 0.3 is 11.7 Å². The molecule has 32 heavy (non-hydrogen) atoms. The van der Waals surface area contributed by atoms with Gasteiger partial charge in [-0.15, -0.1) is 0 Å². The molecule has 0 aliphatic heterocycles. The second-order valence-electron chi connectivity index (χ2n) is 7.33. The van der Waals surface area contributed by atoms with Crippen LogP contribution in [0, 0.1) is 10.1 Å². The molecule has 9 nitrogen and oxygen atoms in total. The number of nitro groups is 1. The van der Waals surface area contributed by atoms with Crippen LogP contribution in [0.4, 0.5) is 17.1 Å². The molecular weight excluding hydrogens is 436 g/mol.